The Morgan fingerprint density at radius 1 is 1.15 bits per heavy atom. The number of ether oxygens (including phenoxy) is 3. The first kappa shape index (κ1) is 19.2. The fourth-order valence-electron chi connectivity index (χ4n) is 3.05. The van der Waals surface area contributed by atoms with Crippen molar-refractivity contribution in [2.45, 2.75) is 38.2 Å². The Labute approximate surface area is 159 Å². The highest BCUT2D eigenvalue weighted by Gasteiger charge is 2.29. The smallest absolute Gasteiger partial charge is 0.249 e. The van der Waals surface area contributed by atoms with E-state index in [0.717, 1.165) is 17.5 Å². The number of hydrogen-bond acceptors (Lipinski definition) is 5. The van der Waals surface area contributed by atoms with Crippen molar-refractivity contribution in [3.8, 4) is 11.5 Å². The Morgan fingerprint density at radius 3 is 2.67 bits per heavy atom. The van der Waals surface area contributed by atoms with Crippen LogP contribution in [-0.2, 0) is 22.7 Å². The van der Waals surface area contributed by atoms with Crippen molar-refractivity contribution in [3.63, 3.8) is 0 Å². The molecular weight excluding hydrogens is 344 g/mol. The van der Waals surface area contributed by atoms with Gasteiger partial charge in [-0.3, -0.25) is 4.79 Å². The molecule has 0 radical (unpaired) electrons. The van der Waals surface area contributed by atoms with Crippen molar-refractivity contribution in [2.24, 2.45) is 5.73 Å². The number of amides is 1. The van der Waals surface area contributed by atoms with Gasteiger partial charge < -0.3 is 25.3 Å². The number of carbonyl (C=O) groups is 1. The fraction of sp³-hybridized carbons (Fsp3) is 0.381. The zero-order valence-corrected chi connectivity index (χ0v) is 15.5. The molecule has 3 N–H and O–H groups in total. The topological polar surface area (TPSA) is 82.8 Å². The summed E-state index contributed by atoms with van der Waals surface area (Å²) in [5, 5.41) is 2.91. The highest BCUT2D eigenvalue weighted by atomic mass is 16.5. The van der Waals surface area contributed by atoms with Gasteiger partial charge in [0.1, 0.15) is 12.7 Å². The summed E-state index contributed by atoms with van der Waals surface area (Å²) >= 11 is 0. The normalized spacial score (nSPS) is 18.9. The number of nitrogens with two attached hydrogens (primary N) is 1. The van der Waals surface area contributed by atoms with E-state index in [1.165, 1.54) is 0 Å². The average molecular weight is 370 g/mol. The predicted molar refractivity (Wildman–Crippen MR) is 103 cm³/mol. The molecule has 0 spiro atoms. The van der Waals surface area contributed by atoms with Crippen LogP contribution < -0.4 is 20.5 Å². The number of methoxy groups -OCH3 is 1. The van der Waals surface area contributed by atoms with Crippen molar-refractivity contribution in [2.75, 3.05) is 13.7 Å². The minimum Gasteiger partial charge on any atom is -0.493 e. The molecule has 1 saturated heterocycles. The Balaban J connectivity index is 1.55. The van der Waals surface area contributed by atoms with Gasteiger partial charge in [0.2, 0.25) is 5.91 Å². The van der Waals surface area contributed by atoms with E-state index in [0.29, 0.717) is 37.6 Å². The molecule has 1 aliphatic rings. The molecule has 6 nitrogen and oxygen atoms in total. The van der Waals surface area contributed by atoms with Gasteiger partial charge in [0, 0.05) is 13.1 Å². The summed E-state index contributed by atoms with van der Waals surface area (Å²) in [4.78, 5) is 12.2. The van der Waals surface area contributed by atoms with E-state index >= 15 is 0 Å². The van der Waals surface area contributed by atoms with Gasteiger partial charge in [-0.05, 0) is 36.1 Å². The average Bonchev–Trinajstić information content (AvgIpc) is 3.21. The van der Waals surface area contributed by atoms with E-state index in [4.69, 9.17) is 19.9 Å². The van der Waals surface area contributed by atoms with Gasteiger partial charge >= 0.3 is 0 Å². The molecule has 3 rings (SSSR count). The van der Waals surface area contributed by atoms with Crippen molar-refractivity contribution < 1.29 is 19.0 Å². The molecule has 27 heavy (non-hydrogen) atoms. The molecule has 2 atom stereocenters. The Kier molecular flexibility index (Phi) is 6.68. The molecule has 1 fully saturated rings. The molecule has 0 aliphatic carbocycles. The minimum atomic E-state index is -0.408. The van der Waals surface area contributed by atoms with Crippen LogP contribution in [0.1, 0.15) is 24.0 Å². The van der Waals surface area contributed by atoms with Crippen LogP contribution in [0.25, 0.3) is 0 Å². The highest BCUT2D eigenvalue weighted by Crippen LogP contribution is 2.29. The summed E-state index contributed by atoms with van der Waals surface area (Å²) < 4.78 is 16.9. The lowest BCUT2D eigenvalue weighted by molar-refractivity contribution is -0.132. The molecule has 144 valence electrons. The lowest BCUT2D eigenvalue weighted by Crippen LogP contribution is -2.35. The van der Waals surface area contributed by atoms with Crippen LogP contribution in [0.5, 0.6) is 11.5 Å². The van der Waals surface area contributed by atoms with Gasteiger partial charge in [0.15, 0.2) is 11.5 Å². The zero-order chi connectivity index (χ0) is 19.1. The lowest BCUT2D eigenvalue weighted by Gasteiger charge is -2.14. The van der Waals surface area contributed by atoms with Crippen LogP contribution >= 0.6 is 0 Å². The first-order valence-corrected chi connectivity index (χ1v) is 9.16. The molecule has 0 aromatic heterocycles. The molecular formula is C21H26N2O4. The van der Waals surface area contributed by atoms with E-state index in [-0.39, 0.29) is 12.0 Å². The molecule has 2 aromatic carbocycles. The van der Waals surface area contributed by atoms with Gasteiger partial charge in [-0.25, -0.2) is 0 Å². The summed E-state index contributed by atoms with van der Waals surface area (Å²) in [6, 6.07) is 15.6. The Bertz CT molecular complexity index is 751. The first-order valence-electron chi connectivity index (χ1n) is 9.16. The lowest BCUT2D eigenvalue weighted by atomic mass is 10.1. The number of rotatable bonds is 8. The molecule has 1 aliphatic heterocycles. The standard InChI is InChI=1S/C21H26N2O4/c1-25-20-11-16(13-23-21(24)19-10-8-17(12-22)27-19)7-9-18(20)26-14-15-5-3-2-4-6-15/h2-7,9,11,17,19H,8,10,12-14,22H2,1H3,(H,23,24)/t17-,19+/m1/s1. The molecule has 0 saturated carbocycles. The van der Waals surface area contributed by atoms with Crippen molar-refractivity contribution in [3.05, 3.63) is 59.7 Å². The summed E-state index contributed by atoms with van der Waals surface area (Å²) in [5.41, 5.74) is 7.60. The van der Waals surface area contributed by atoms with E-state index in [1.54, 1.807) is 7.11 Å². The van der Waals surface area contributed by atoms with Crippen molar-refractivity contribution in [1.82, 2.24) is 5.32 Å². The second kappa shape index (κ2) is 9.39. The Morgan fingerprint density at radius 2 is 1.96 bits per heavy atom. The third-order valence-corrected chi connectivity index (χ3v) is 4.59. The van der Waals surface area contributed by atoms with Gasteiger partial charge in [-0.15, -0.1) is 0 Å². The van der Waals surface area contributed by atoms with Crippen LogP contribution in [0.2, 0.25) is 0 Å². The quantitative estimate of drug-likeness (QED) is 0.746. The van der Waals surface area contributed by atoms with Crippen molar-refractivity contribution >= 4 is 5.91 Å². The number of benzene rings is 2. The zero-order valence-electron chi connectivity index (χ0n) is 15.5. The molecule has 2 aromatic rings. The summed E-state index contributed by atoms with van der Waals surface area (Å²) in [6.07, 6.45) is 1.12. The summed E-state index contributed by atoms with van der Waals surface area (Å²) in [6.45, 7) is 1.32. The van der Waals surface area contributed by atoms with Crippen LogP contribution in [0.3, 0.4) is 0 Å². The number of hydrogen-bond donors (Lipinski definition) is 2. The van der Waals surface area contributed by atoms with E-state index < -0.39 is 6.10 Å². The largest absolute Gasteiger partial charge is 0.493 e. The maximum absolute atomic E-state index is 12.2. The summed E-state index contributed by atoms with van der Waals surface area (Å²) in [7, 11) is 1.60. The minimum absolute atomic E-state index is 0.0121. The van der Waals surface area contributed by atoms with Gasteiger partial charge in [-0.1, -0.05) is 36.4 Å². The van der Waals surface area contributed by atoms with E-state index in [1.807, 2.05) is 48.5 Å². The maximum atomic E-state index is 12.2. The van der Waals surface area contributed by atoms with Crippen molar-refractivity contribution in [1.29, 1.82) is 0 Å². The number of nitrogens with one attached hydrogen (secondary N) is 1. The summed E-state index contributed by atoms with van der Waals surface area (Å²) in [5.74, 6) is 1.20. The van der Waals surface area contributed by atoms with Crippen LogP contribution in [-0.4, -0.2) is 31.8 Å². The highest BCUT2D eigenvalue weighted by molar-refractivity contribution is 5.81. The van der Waals surface area contributed by atoms with Crippen LogP contribution in [0.15, 0.2) is 48.5 Å². The molecule has 0 unspecified atom stereocenters. The monoisotopic (exact) mass is 370 g/mol. The predicted octanol–water partition coefficient (Wildman–Crippen LogP) is 2.40. The van der Waals surface area contributed by atoms with E-state index in [2.05, 4.69) is 5.32 Å². The number of carbonyl (C=O) groups excluding carboxylic acids is 1. The molecule has 0 bridgehead atoms. The van der Waals surface area contributed by atoms with E-state index in [9.17, 15) is 4.79 Å². The SMILES string of the molecule is COc1cc(CNC(=O)[C@@H]2CC[C@H](CN)O2)ccc1OCc1ccccc1. The van der Waals surface area contributed by atoms with Gasteiger partial charge in [0.25, 0.3) is 0 Å². The Hall–Kier alpha value is -2.57. The van der Waals surface area contributed by atoms with Crippen LogP contribution in [0.4, 0.5) is 0 Å². The second-order valence-corrected chi connectivity index (χ2v) is 6.54. The van der Waals surface area contributed by atoms with Gasteiger partial charge in [0.05, 0.1) is 13.2 Å². The van der Waals surface area contributed by atoms with Gasteiger partial charge in [-0.2, -0.15) is 0 Å². The molecule has 1 heterocycles. The molecule has 1 amide bonds. The third-order valence-electron chi connectivity index (χ3n) is 4.59. The maximum Gasteiger partial charge on any atom is 0.249 e. The van der Waals surface area contributed by atoms with Crippen LogP contribution in [0, 0.1) is 0 Å². The third kappa shape index (κ3) is 5.21. The first-order chi connectivity index (χ1) is 13.2. The fourth-order valence-corrected chi connectivity index (χ4v) is 3.05. The second-order valence-electron chi connectivity index (χ2n) is 6.54. The molecule has 6 heteroatoms.